The number of benzene rings is 8. The molecular formula is C51H30N4O2. The van der Waals surface area contributed by atoms with E-state index >= 15 is 0 Å². The zero-order chi connectivity index (χ0) is 37.5. The Bertz CT molecular complexity index is 3530. The molecule has 0 spiro atoms. The summed E-state index contributed by atoms with van der Waals surface area (Å²) in [5.74, 6) is 1.74. The number of hydrogen-bond donors (Lipinski definition) is 0. The molecular weight excluding hydrogens is 701 g/mol. The minimum atomic E-state index is 0.573. The van der Waals surface area contributed by atoms with Crippen LogP contribution in [0, 0.1) is 0 Å². The van der Waals surface area contributed by atoms with Crippen LogP contribution in [0.4, 0.5) is 0 Å². The maximum Gasteiger partial charge on any atom is 0.164 e. The molecule has 6 nitrogen and oxygen atoms in total. The molecule has 12 rings (SSSR count). The highest BCUT2D eigenvalue weighted by atomic mass is 16.3. The van der Waals surface area contributed by atoms with Crippen LogP contribution in [0.2, 0.25) is 0 Å². The van der Waals surface area contributed by atoms with Gasteiger partial charge >= 0.3 is 0 Å². The summed E-state index contributed by atoms with van der Waals surface area (Å²) in [5, 5.41) is 6.47. The topological polar surface area (TPSA) is 69.9 Å². The van der Waals surface area contributed by atoms with E-state index < -0.39 is 0 Å². The molecule has 4 heterocycles. The van der Waals surface area contributed by atoms with Crippen molar-refractivity contribution in [2.24, 2.45) is 0 Å². The summed E-state index contributed by atoms with van der Waals surface area (Å²) >= 11 is 0. The number of para-hydroxylation sites is 3. The fourth-order valence-electron chi connectivity index (χ4n) is 8.40. The number of rotatable bonds is 5. The molecule has 57 heavy (non-hydrogen) atoms. The van der Waals surface area contributed by atoms with E-state index in [1.807, 2.05) is 48.5 Å². The van der Waals surface area contributed by atoms with Gasteiger partial charge in [0.05, 0.1) is 16.4 Å². The van der Waals surface area contributed by atoms with Gasteiger partial charge in [-0.15, -0.1) is 0 Å². The van der Waals surface area contributed by atoms with Gasteiger partial charge in [-0.05, 0) is 90.0 Å². The first-order valence-electron chi connectivity index (χ1n) is 19.0. The quantitative estimate of drug-likeness (QED) is 0.176. The fourth-order valence-corrected chi connectivity index (χ4v) is 8.40. The van der Waals surface area contributed by atoms with Crippen molar-refractivity contribution in [1.82, 2.24) is 19.5 Å². The highest BCUT2D eigenvalue weighted by Crippen LogP contribution is 2.42. The lowest BCUT2D eigenvalue weighted by atomic mass is 10.0. The monoisotopic (exact) mass is 730 g/mol. The lowest BCUT2D eigenvalue weighted by Gasteiger charge is -2.10. The second kappa shape index (κ2) is 12.3. The van der Waals surface area contributed by atoms with E-state index in [4.69, 9.17) is 23.8 Å². The smallest absolute Gasteiger partial charge is 0.164 e. The maximum atomic E-state index is 6.57. The first-order valence-corrected chi connectivity index (χ1v) is 19.0. The summed E-state index contributed by atoms with van der Waals surface area (Å²) in [5.41, 5.74) is 11.5. The first-order chi connectivity index (χ1) is 28.2. The van der Waals surface area contributed by atoms with Crippen molar-refractivity contribution >= 4 is 65.7 Å². The molecule has 0 saturated carbocycles. The third kappa shape index (κ3) is 5.01. The van der Waals surface area contributed by atoms with Gasteiger partial charge in [0.25, 0.3) is 0 Å². The Morgan fingerprint density at radius 3 is 1.65 bits per heavy atom. The second-order valence-corrected chi connectivity index (χ2v) is 14.4. The first kappa shape index (κ1) is 31.5. The highest BCUT2D eigenvalue weighted by Gasteiger charge is 2.21. The van der Waals surface area contributed by atoms with Gasteiger partial charge in [0.15, 0.2) is 17.5 Å². The predicted octanol–water partition coefficient (Wildman–Crippen LogP) is 13.4. The largest absolute Gasteiger partial charge is 0.456 e. The van der Waals surface area contributed by atoms with Crippen LogP contribution in [-0.4, -0.2) is 19.5 Å². The van der Waals surface area contributed by atoms with Crippen LogP contribution in [0.3, 0.4) is 0 Å². The molecule has 0 saturated heterocycles. The number of nitrogens with zero attached hydrogens (tertiary/aromatic N) is 4. The van der Waals surface area contributed by atoms with E-state index in [0.717, 1.165) is 88.4 Å². The maximum absolute atomic E-state index is 6.57. The van der Waals surface area contributed by atoms with Crippen molar-refractivity contribution in [2.45, 2.75) is 0 Å². The van der Waals surface area contributed by atoms with Crippen LogP contribution in [0.5, 0.6) is 0 Å². The average Bonchev–Trinajstić information content (AvgIpc) is 3.96. The van der Waals surface area contributed by atoms with Gasteiger partial charge in [0.1, 0.15) is 22.3 Å². The highest BCUT2D eigenvalue weighted by molar-refractivity contribution is 6.24. The molecule has 0 aliphatic rings. The third-order valence-corrected chi connectivity index (χ3v) is 11.0. The summed E-state index contributed by atoms with van der Waals surface area (Å²) < 4.78 is 15.1. The van der Waals surface area contributed by atoms with Gasteiger partial charge in [0.2, 0.25) is 0 Å². The lowest BCUT2D eigenvalue weighted by Crippen LogP contribution is -2.00. The third-order valence-electron chi connectivity index (χ3n) is 11.0. The normalized spacial score (nSPS) is 11.9. The van der Waals surface area contributed by atoms with E-state index in [2.05, 4.69) is 138 Å². The lowest BCUT2D eigenvalue weighted by molar-refractivity contribution is 0.668. The van der Waals surface area contributed by atoms with Crippen LogP contribution in [0.25, 0.3) is 117 Å². The molecule has 0 radical (unpaired) electrons. The van der Waals surface area contributed by atoms with Crippen molar-refractivity contribution in [3.63, 3.8) is 0 Å². The van der Waals surface area contributed by atoms with Crippen LogP contribution < -0.4 is 0 Å². The Morgan fingerprint density at radius 1 is 0.333 bits per heavy atom. The number of furan rings is 2. The van der Waals surface area contributed by atoms with Crippen LogP contribution in [0.1, 0.15) is 0 Å². The molecule has 0 aliphatic carbocycles. The van der Waals surface area contributed by atoms with E-state index in [1.165, 1.54) is 10.8 Å². The molecule has 0 atom stereocenters. The van der Waals surface area contributed by atoms with E-state index in [9.17, 15) is 0 Å². The Labute approximate surface area is 325 Å². The van der Waals surface area contributed by atoms with Crippen LogP contribution in [-0.2, 0) is 0 Å². The molecule has 0 N–H and O–H groups in total. The molecule has 4 aromatic heterocycles. The average molecular weight is 731 g/mol. The summed E-state index contributed by atoms with van der Waals surface area (Å²) in [6.07, 6.45) is 0. The fraction of sp³-hybridized carbons (Fsp3) is 0. The Hall–Kier alpha value is -7.83. The molecule has 0 fully saturated rings. The van der Waals surface area contributed by atoms with E-state index in [1.54, 1.807) is 0 Å². The standard InChI is InChI=1S/C51H30N4O2/c1-3-12-31(13-4-1)32-14-11-15-33(28-32)49-52-50(34-22-25-44-40(29-34)38-19-8-10-21-43(38)56-44)54-51(53-49)35-23-26-45-41(30-35)47-46(57-45)27-24-39-37-18-7-9-20-42(37)55(48(39)47)36-16-5-2-6-17-36/h1-30H. The molecule has 0 bridgehead atoms. The summed E-state index contributed by atoms with van der Waals surface area (Å²) in [6.45, 7) is 0. The summed E-state index contributed by atoms with van der Waals surface area (Å²) in [6, 6.07) is 62.7. The minimum absolute atomic E-state index is 0.573. The van der Waals surface area contributed by atoms with Gasteiger partial charge in [0, 0.05) is 49.3 Å². The molecule has 0 aliphatic heterocycles. The molecule has 0 unspecified atom stereocenters. The number of hydrogen-bond acceptors (Lipinski definition) is 5. The predicted molar refractivity (Wildman–Crippen MR) is 230 cm³/mol. The molecule has 0 amide bonds. The van der Waals surface area contributed by atoms with Gasteiger partial charge in [-0.2, -0.15) is 0 Å². The number of aromatic nitrogens is 4. The summed E-state index contributed by atoms with van der Waals surface area (Å²) in [4.78, 5) is 15.5. The van der Waals surface area contributed by atoms with Gasteiger partial charge in [-0.25, -0.2) is 15.0 Å². The molecule has 266 valence electrons. The molecule has 6 heteroatoms. The van der Waals surface area contributed by atoms with Crippen molar-refractivity contribution < 1.29 is 8.83 Å². The zero-order valence-corrected chi connectivity index (χ0v) is 30.4. The van der Waals surface area contributed by atoms with Crippen LogP contribution >= 0.6 is 0 Å². The van der Waals surface area contributed by atoms with Crippen molar-refractivity contribution in [2.75, 3.05) is 0 Å². The Kier molecular flexibility index (Phi) is 6.83. The van der Waals surface area contributed by atoms with Gasteiger partial charge in [-0.1, -0.05) is 103 Å². The van der Waals surface area contributed by atoms with Crippen molar-refractivity contribution in [3.05, 3.63) is 182 Å². The Balaban J connectivity index is 1.10. The van der Waals surface area contributed by atoms with E-state index in [0.29, 0.717) is 17.5 Å². The van der Waals surface area contributed by atoms with E-state index in [-0.39, 0.29) is 0 Å². The van der Waals surface area contributed by atoms with Gasteiger partial charge < -0.3 is 13.4 Å². The van der Waals surface area contributed by atoms with Crippen molar-refractivity contribution in [1.29, 1.82) is 0 Å². The Morgan fingerprint density at radius 2 is 0.877 bits per heavy atom. The van der Waals surface area contributed by atoms with Crippen molar-refractivity contribution in [3.8, 4) is 51.0 Å². The SMILES string of the molecule is c1ccc(-c2cccc(-c3nc(-c4ccc5oc6ccccc6c5c4)nc(-c4ccc5oc6ccc7c8ccccc8n(-c8ccccc8)c7c6c5c4)n3)c2)cc1. The minimum Gasteiger partial charge on any atom is -0.456 e. The second-order valence-electron chi connectivity index (χ2n) is 14.4. The number of fused-ring (bicyclic) bond motifs is 10. The zero-order valence-electron chi connectivity index (χ0n) is 30.4. The molecule has 8 aromatic carbocycles. The molecule has 12 aromatic rings. The van der Waals surface area contributed by atoms with Crippen LogP contribution in [0.15, 0.2) is 191 Å². The summed E-state index contributed by atoms with van der Waals surface area (Å²) in [7, 11) is 0. The van der Waals surface area contributed by atoms with Gasteiger partial charge in [-0.3, -0.25) is 0 Å².